The summed E-state index contributed by atoms with van der Waals surface area (Å²) in [5.41, 5.74) is 14.2. The molecule has 9 aromatic rings. The molecule has 0 amide bonds. The van der Waals surface area contributed by atoms with E-state index in [-0.39, 0.29) is 0 Å². The number of nitrogens with zero attached hydrogens (tertiary/aromatic N) is 4. The van der Waals surface area contributed by atoms with E-state index < -0.39 is 5.41 Å². The van der Waals surface area contributed by atoms with Crippen molar-refractivity contribution >= 4 is 0 Å². The highest BCUT2D eigenvalue weighted by atomic mass is 16.5. The Bertz CT molecular complexity index is 2980. The van der Waals surface area contributed by atoms with Gasteiger partial charge in [0, 0.05) is 27.8 Å². The zero-order valence-electron chi connectivity index (χ0n) is 31.2. The van der Waals surface area contributed by atoms with Gasteiger partial charge < -0.3 is 4.74 Å². The Labute approximate surface area is 336 Å². The van der Waals surface area contributed by atoms with Gasteiger partial charge in [0.25, 0.3) is 0 Å². The SMILES string of the molecule is N#Cc1ccc(-c2ccc3c(c2)C2(c4ccccc4Oc4ccccc42)c2cc(-c4ccc(-c5nc(-c6ccccc6)nc(-c6ccccc6)n5)cc4)ccc2-3)cc1. The molecule has 0 radical (unpaired) electrons. The maximum atomic E-state index is 9.48. The molecule has 0 saturated heterocycles. The predicted octanol–water partition coefficient (Wildman–Crippen LogP) is 12.5. The molecule has 270 valence electrons. The number of aromatic nitrogens is 3. The summed E-state index contributed by atoms with van der Waals surface area (Å²) in [7, 11) is 0. The lowest BCUT2D eigenvalue weighted by atomic mass is 9.65. The van der Waals surface area contributed by atoms with Crippen molar-refractivity contribution in [2.24, 2.45) is 0 Å². The van der Waals surface area contributed by atoms with Gasteiger partial charge in [0.15, 0.2) is 17.5 Å². The molecule has 58 heavy (non-hydrogen) atoms. The first-order chi connectivity index (χ1) is 28.7. The molecule has 5 heteroatoms. The lowest BCUT2D eigenvalue weighted by molar-refractivity contribution is 0.436. The van der Waals surface area contributed by atoms with Gasteiger partial charge in [-0.1, -0.05) is 158 Å². The van der Waals surface area contributed by atoms with E-state index in [0.717, 1.165) is 61.6 Å². The lowest BCUT2D eigenvalue weighted by Crippen LogP contribution is -2.32. The second-order valence-electron chi connectivity index (χ2n) is 14.7. The average Bonchev–Trinajstić information content (AvgIpc) is 3.58. The molecule has 0 N–H and O–H groups in total. The lowest BCUT2D eigenvalue weighted by Gasteiger charge is -2.39. The summed E-state index contributed by atoms with van der Waals surface area (Å²) in [6.45, 7) is 0. The van der Waals surface area contributed by atoms with Crippen molar-refractivity contribution in [3.63, 3.8) is 0 Å². The second kappa shape index (κ2) is 13.4. The summed E-state index contributed by atoms with van der Waals surface area (Å²) >= 11 is 0. The Balaban J connectivity index is 1.06. The molecule has 2 heterocycles. The molecule has 1 aliphatic heterocycles. The van der Waals surface area contributed by atoms with E-state index in [2.05, 4.69) is 103 Å². The third kappa shape index (κ3) is 5.27. The first kappa shape index (κ1) is 33.4. The van der Waals surface area contributed by atoms with Gasteiger partial charge in [-0.2, -0.15) is 5.26 Å². The minimum atomic E-state index is -0.638. The normalized spacial score (nSPS) is 12.7. The van der Waals surface area contributed by atoms with Crippen molar-refractivity contribution in [3.05, 3.63) is 222 Å². The fraction of sp³-hybridized carbons (Fsp3) is 0.0189. The van der Waals surface area contributed by atoms with Crippen LogP contribution in [0.4, 0.5) is 0 Å². The molecule has 1 aliphatic carbocycles. The molecule has 0 unspecified atom stereocenters. The third-order valence-corrected chi connectivity index (χ3v) is 11.5. The number of para-hydroxylation sites is 2. The first-order valence-corrected chi connectivity index (χ1v) is 19.3. The number of benzene rings is 8. The maximum Gasteiger partial charge on any atom is 0.164 e. The highest BCUT2D eigenvalue weighted by Crippen LogP contribution is 2.62. The summed E-state index contributed by atoms with van der Waals surface area (Å²) < 4.78 is 6.63. The molecule has 5 nitrogen and oxygen atoms in total. The fourth-order valence-corrected chi connectivity index (χ4v) is 8.74. The van der Waals surface area contributed by atoms with Crippen LogP contribution in [0.15, 0.2) is 194 Å². The predicted molar refractivity (Wildman–Crippen MR) is 229 cm³/mol. The summed E-state index contributed by atoms with van der Waals surface area (Å²) in [5.74, 6) is 3.59. The number of fused-ring (bicyclic) bond motifs is 9. The minimum Gasteiger partial charge on any atom is -0.457 e. The van der Waals surface area contributed by atoms with Gasteiger partial charge in [-0.3, -0.25) is 0 Å². The number of ether oxygens (including phenoxy) is 1. The van der Waals surface area contributed by atoms with Gasteiger partial charge in [-0.15, -0.1) is 0 Å². The fourth-order valence-electron chi connectivity index (χ4n) is 8.74. The topological polar surface area (TPSA) is 71.7 Å². The van der Waals surface area contributed by atoms with Crippen LogP contribution in [-0.2, 0) is 5.41 Å². The number of hydrogen-bond acceptors (Lipinski definition) is 5. The van der Waals surface area contributed by atoms with Crippen molar-refractivity contribution in [2.75, 3.05) is 0 Å². The third-order valence-electron chi connectivity index (χ3n) is 11.5. The standard InChI is InChI=1S/C53H32N4O/c54-33-34-19-21-35(22-20-34)40-27-29-42-43-30-28-41(32-47(43)53(46(42)31-40)44-15-7-9-17-48(44)58-49-18-10-8-16-45(49)53)36-23-25-39(26-24-36)52-56-50(37-11-3-1-4-12-37)55-51(57-52)38-13-5-2-6-14-38/h1-32H. The van der Waals surface area contributed by atoms with Crippen molar-refractivity contribution in [3.8, 4) is 85.1 Å². The summed E-state index contributed by atoms with van der Waals surface area (Å²) in [5, 5.41) is 9.48. The molecule has 0 saturated carbocycles. The summed E-state index contributed by atoms with van der Waals surface area (Å²) in [4.78, 5) is 14.8. The Hall–Kier alpha value is -7.94. The van der Waals surface area contributed by atoms with Gasteiger partial charge >= 0.3 is 0 Å². The smallest absolute Gasteiger partial charge is 0.164 e. The van der Waals surface area contributed by atoms with Gasteiger partial charge in [0.1, 0.15) is 11.5 Å². The van der Waals surface area contributed by atoms with Crippen LogP contribution >= 0.6 is 0 Å². The molecule has 2 aliphatic rings. The zero-order valence-corrected chi connectivity index (χ0v) is 31.2. The highest BCUT2D eigenvalue weighted by molar-refractivity contribution is 5.92. The molecule has 1 spiro atoms. The van der Waals surface area contributed by atoms with Crippen LogP contribution in [0.5, 0.6) is 11.5 Å². The van der Waals surface area contributed by atoms with Gasteiger partial charge in [-0.25, -0.2) is 15.0 Å². The maximum absolute atomic E-state index is 9.48. The molecule has 8 aromatic carbocycles. The first-order valence-electron chi connectivity index (χ1n) is 19.3. The van der Waals surface area contributed by atoms with Crippen LogP contribution in [-0.4, -0.2) is 15.0 Å². The summed E-state index contributed by atoms with van der Waals surface area (Å²) in [6.07, 6.45) is 0. The monoisotopic (exact) mass is 740 g/mol. The van der Waals surface area contributed by atoms with Gasteiger partial charge in [0.05, 0.1) is 17.0 Å². The van der Waals surface area contributed by atoms with Gasteiger partial charge in [-0.05, 0) is 80.9 Å². The van der Waals surface area contributed by atoms with E-state index >= 15 is 0 Å². The Morgan fingerprint density at radius 2 is 0.741 bits per heavy atom. The number of rotatable bonds is 5. The van der Waals surface area contributed by atoms with Crippen molar-refractivity contribution in [2.45, 2.75) is 5.41 Å². The second-order valence-corrected chi connectivity index (χ2v) is 14.7. The van der Waals surface area contributed by atoms with Crippen LogP contribution in [0, 0.1) is 11.3 Å². The van der Waals surface area contributed by atoms with E-state index in [1.54, 1.807) is 0 Å². The Kier molecular flexibility index (Phi) is 7.70. The minimum absolute atomic E-state index is 0.621. The Morgan fingerprint density at radius 3 is 1.21 bits per heavy atom. The van der Waals surface area contributed by atoms with Crippen LogP contribution in [0.25, 0.3) is 67.5 Å². The van der Waals surface area contributed by atoms with E-state index in [0.29, 0.717) is 23.0 Å². The zero-order chi connectivity index (χ0) is 38.6. The molecular formula is C53H32N4O. The van der Waals surface area contributed by atoms with Crippen LogP contribution in [0.1, 0.15) is 27.8 Å². The van der Waals surface area contributed by atoms with Crippen molar-refractivity contribution in [1.29, 1.82) is 5.26 Å². The van der Waals surface area contributed by atoms with Crippen LogP contribution < -0.4 is 4.74 Å². The highest BCUT2D eigenvalue weighted by Gasteiger charge is 2.51. The molecule has 1 aromatic heterocycles. The summed E-state index contributed by atoms with van der Waals surface area (Å²) in [6, 6.07) is 69.3. The van der Waals surface area contributed by atoms with Crippen LogP contribution in [0.3, 0.4) is 0 Å². The Morgan fingerprint density at radius 1 is 0.362 bits per heavy atom. The van der Waals surface area contributed by atoms with Crippen molar-refractivity contribution in [1.82, 2.24) is 15.0 Å². The van der Waals surface area contributed by atoms with E-state index in [4.69, 9.17) is 19.7 Å². The van der Waals surface area contributed by atoms with E-state index in [1.165, 1.54) is 22.3 Å². The molecular weight excluding hydrogens is 709 g/mol. The van der Waals surface area contributed by atoms with Crippen molar-refractivity contribution < 1.29 is 4.74 Å². The largest absolute Gasteiger partial charge is 0.457 e. The van der Waals surface area contributed by atoms with Crippen LogP contribution in [0.2, 0.25) is 0 Å². The number of nitriles is 1. The molecule has 0 bridgehead atoms. The number of hydrogen-bond donors (Lipinski definition) is 0. The van der Waals surface area contributed by atoms with Gasteiger partial charge in [0.2, 0.25) is 0 Å². The quantitative estimate of drug-likeness (QED) is 0.176. The van der Waals surface area contributed by atoms with E-state index in [1.807, 2.05) is 97.1 Å². The molecule has 0 fully saturated rings. The molecule has 0 atom stereocenters. The van der Waals surface area contributed by atoms with E-state index in [9.17, 15) is 5.26 Å². The average molecular weight is 741 g/mol. The molecule has 11 rings (SSSR count).